The van der Waals surface area contributed by atoms with E-state index in [1.54, 1.807) is 12.4 Å². The summed E-state index contributed by atoms with van der Waals surface area (Å²) in [6, 6.07) is 9.25. The Labute approximate surface area is 182 Å². The molecule has 0 unspecified atom stereocenters. The highest BCUT2D eigenvalue weighted by Crippen LogP contribution is 2.17. The lowest BCUT2D eigenvalue weighted by molar-refractivity contribution is 0.378. The Morgan fingerprint density at radius 2 is 2.03 bits per heavy atom. The molecule has 0 amide bonds. The quantitative estimate of drug-likeness (QED) is 0.350. The van der Waals surface area contributed by atoms with Gasteiger partial charge in [0, 0.05) is 18.4 Å². The van der Waals surface area contributed by atoms with Crippen molar-refractivity contribution >= 4 is 12.4 Å². The van der Waals surface area contributed by atoms with Gasteiger partial charge in [-0.3, -0.25) is 15.3 Å². The molecular formula is C26H36N4. The van der Waals surface area contributed by atoms with E-state index in [9.17, 15) is 0 Å². The van der Waals surface area contributed by atoms with E-state index in [1.165, 1.54) is 43.2 Å². The second-order valence-electron chi connectivity index (χ2n) is 7.63. The molecule has 4 nitrogen and oxygen atoms in total. The highest BCUT2D eigenvalue weighted by Gasteiger charge is 2.12. The molecule has 1 aromatic rings. The van der Waals surface area contributed by atoms with Gasteiger partial charge in [-0.15, -0.1) is 0 Å². The number of hydrogen-bond donors (Lipinski definition) is 2. The lowest BCUT2D eigenvalue weighted by atomic mass is 9.96. The molecule has 0 aliphatic heterocycles. The van der Waals surface area contributed by atoms with Crippen molar-refractivity contribution < 1.29 is 0 Å². The fourth-order valence-electron chi connectivity index (χ4n) is 3.66. The summed E-state index contributed by atoms with van der Waals surface area (Å²) in [4.78, 5) is 8.71. The van der Waals surface area contributed by atoms with Crippen molar-refractivity contribution in [2.45, 2.75) is 57.9 Å². The Kier molecular flexibility index (Phi) is 11.2. The van der Waals surface area contributed by atoms with Gasteiger partial charge in [-0.2, -0.15) is 0 Å². The van der Waals surface area contributed by atoms with Crippen molar-refractivity contribution in [3.8, 4) is 0 Å². The Balaban J connectivity index is 2.11. The van der Waals surface area contributed by atoms with Crippen LogP contribution in [0.4, 0.5) is 0 Å². The molecule has 2 N–H and O–H groups in total. The highest BCUT2D eigenvalue weighted by atomic mass is 15.0. The van der Waals surface area contributed by atoms with Crippen LogP contribution in [0.25, 0.3) is 0 Å². The van der Waals surface area contributed by atoms with E-state index in [1.807, 2.05) is 18.4 Å². The van der Waals surface area contributed by atoms with E-state index in [0.717, 1.165) is 24.1 Å². The van der Waals surface area contributed by atoms with Gasteiger partial charge in [0.1, 0.15) is 0 Å². The second kappa shape index (κ2) is 14.3. The molecule has 0 saturated heterocycles. The standard InChI is InChI=1S/C26H36N4/c1-4-28-19-16-24(13-9-12-23-11-8-10-22(2)20-23)26(17-18-27-3)30-21-29-25-14-6-5-7-15-25/h4,8,10-11,13,16-20,25,28-29H,1,3,5-7,9,12,14-15,21H2,2H3/b18-17-,19-16-,24-13?,30-26?. The molecule has 1 saturated carbocycles. The van der Waals surface area contributed by atoms with Crippen LogP contribution in [0.1, 0.15) is 49.7 Å². The lowest BCUT2D eigenvalue weighted by Gasteiger charge is -2.22. The summed E-state index contributed by atoms with van der Waals surface area (Å²) >= 11 is 0. The molecule has 1 fully saturated rings. The molecule has 1 aliphatic rings. The first-order valence-electron chi connectivity index (χ1n) is 10.9. The average molecular weight is 405 g/mol. The van der Waals surface area contributed by atoms with E-state index in [4.69, 9.17) is 4.99 Å². The highest BCUT2D eigenvalue weighted by molar-refractivity contribution is 6.10. The predicted molar refractivity (Wildman–Crippen MR) is 131 cm³/mol. The van der Waals surface area contributed by atoms with E-state index in [0.29, 0.717) is 12.7 Å². The van der Waals surface area contributed by atoms with Gasteiger partial charge in [-0.05, 0) is 68.8 Å². The monoisotopic (exact) mass is 404 g/mol. The van der Waals surface area contributed by atoms with Crippen LogP contribution >= 0.6 is 0 Å². The molecule has 30 heavy (non-hydrogen) atoms. The molecule has 4 heteroatoms. The molecule has 0 radical (unpaired) electrons. The van der Waals surface area contributed by atoms with Gasteiger partial charge in [0.25, 0.3) is 0 Å². The van der Waals surface area contributed by atoms with Crippen molar-refractivity contribution in [3.05, 3.63) is 84.4 Å². The zero-order chi connectivity index (χ0) is 21.4. The number of rotatable bonds is 12. The maximum absolute atomic E-state index is 4.83. The summed E-state index contributed by atoms with van der Waals surface area (Å²) in [5, 5.41) is 6.61. The average Bonchev–Trinajstić information content (AvgIpc) is 2.76. The normalized spacial score (nSPS) is 16.3. The minimum atomic E-state index is 0.581. The van der Waals surface area contributed by atoms with E-state index >= 15 is 0 Å². The molecule has 0 spiro atoms. The van der Waals surface area contributed by atoms with Gasteiger partial charge in [-0.1, -0.05) is 61.7 Å². The van der Waals surface area contributed by atoms with Crippen molar-refractivity contribution in [3.63, 3.8) is 0 Å². The van der Waals surface area contributed by atoms with Crippen LogP contribution in [0.15, 0.2) is 83.2 Å². The third-order valence-corrected chi connectivity index (χ3v) is 5.22. The van der Waals surface area contributed by atoms with Gasteiger partial charge in [0.15, 0.2) is 0 Å². The molecule has 1 aliphatic carbocycles. The van der Waals surface area contributed by atoms with Gasteiger partial charge in [0.05, 0.1) is 12.4 Å². The van der Waals surface area contributed by atoms with Crippen molar-refractivity contribution in [1.29, 1.82) is 0 Å². The number of allylic oxidation sites excluding steroid dienone is 4. The van der Waals surface area contributed by atoms with Gasteiger partial charge >= 0.3 is 0 Å². The Morgan fingerprint density at radius 3 is 2.77 bits per heavy atom. The van der Waals surface area contributed by atoms with Crippen molar-refractivity contribution in [2.75, 3.05) is 6.67 Å². The smallest absolute Gasteiger partial charge is 0.0894 e. The van der Waals surface area contributed by atoms with Crippen molar-refractivity contribution in [1.82, 2.24) is 10.6 Å². The molecular weight excluding hydrogens is 368 g/mol. The van der Waals surface area contributed by atoms with Crippen LogP contribution < -0.4 is 10.6 Å². The molecule has 160 valence electrons. The molecule has 0 atom stereocenters. The molecule has 0 bridgehead atoms. The second-order valence-corrected chi connectivity index (χ2v) is 7.63. The minimum Gasteiger partial charge on any atom is -0.368 e. The Morgan fingerprint density at radius 1 is 1.20 bits per heavy atom. The summed E-state index contributed by atoms with van der Waals surface area (Å²) in [7, 11) is 0. The van der Waals surface area contributed by atoms with Gasteiger partial charge in [0.2, 0.25) is 0 Å². The maximum atomic E-state index is 4.83. The third-order valence-electron chi connectivity index (χ3n) is 5.22. The van der Waals surface area contributed by atoms with Gasteiger partial charge in [-0.25, -0.2) is 0 Å². The maximum Gasteiger partial charge on any atom is 0.0894 e. The fourth-order valence-corrected chi connectivity index (χ4v) is 3.66. The van der Waals surface area contributed by atoms with Crippen LogP contribution in [0.5, 0.6) is 0 Å². The lowest BCUT2D eigenvalue weighted by Crippen LogP contribution is -2.31. The third kappa shape index (κ3) is 9.19. The first-order chi connectivity index (χ1) is 14.7. The SMILES string of the molecule is C=CN/C=C\C(=CCCc1cccc(C)c1)C(/C=C\N=C)=NCNC1CCCCC1. The zero-order valence-electron chi connectivity index (χ0n) is 18.3. The summed E-state index contributed by atoms with van der Waals surface area (Å²) in [6.45, 7) is 10.0. The minimum absolute atomic E-state index is 0.581. The van der Waals surface area contributed by atoms with Crippen LogP contribution in [0.3, 0.4) is 0 Å². The van der Waals surface area contributed by atoms with E-state index in [-0.39, 0.29) is 0 Å². The number of nitrogens with one attached hydrogen (secondary N) is 2. The van der Waals surface area contributed by atoms with E-state index < -0.39 is 0 Å². The zero-order valence-corrected chi connectivity index (χ0v) is 18.3. The van der Waals surface area contributed by atoms with Crippen LogP contribution in [-0.2, 0) is 6.42 Å². The topological polar surface area (TPSA) is 48.8 Å². The number of aryl methyl sites for hydroxylation is 2. The molecule has 1 aromatic carbocycles. The Bertz CT molecular complexity index is 780. The summed E-state index contributed by atoms with van der Waals surface area (Å²) in [6.07, 6.45) is 19.8. The molecule has 0 aromatic heterocycles. The predicted octanol–water partition coefficient (Wildman–Crippen LogP) is 5.64. The van der Waals surface area contributed by atoms with E-state index in [2.05, 4.69) is 66.2 Å². The van der Waals surface area contributed by atoms with Crippen LogP contribution in [0, 0.1) is 6.92 Å². The van der Waals surface area contributed by atoms with Crippen LogP contribution in [-0.4, -0.2) is 25.1 Å². The van der Waals surface area contributed by atoms with Gasteiger partial charge < -0.3 is 5.32 Å². The first kappa shape index (κ1) is 23.6. The summed E-state index contributed by atoms with van der Waals surface area (Å²) in [5.41, 5.74) is 4.60. The fraction of sp³-hybridized carbons (Fsp3) is 0.385. The van der Waals surface area contributed by atoms with Crippen molar-refractivity contribution in [2.24, 2.45) is 9.98 Å². The number of hydrogen-bond acceptors (Lipinski definition) is 4. The number of aliphatic imine (C=N–C) groups is 2. The molecule has 2 rings (SSSR count). The summed E-state index contributed by atoms with van der Waals surface area (Å²) in [5.74, 6) is 0. The molecule has 0 heterocycles. The Hall–Kier alpha value is -2.72. The van der Waals surface area contributed by atoms with Crippen LogP contribution in [0.2, 0.25) is 0 Å². The number of nitrogens with zero attached hydrogens (tertiary/aromatic N) is 2. The summed E-state index contributed by atoms with van der Waals surface area (Å²) < 4.78 is 0. The number of benzene rings is 1. The first-order valence-corrected chi connectivity index (χ1v) is 10.9. The largest absolute Gasteiger partial charge is 0.368 e.